The minimum absolute atomic E-state index is 0.957. The van der Waals surface area contributed by atoms with Gasteiger partial charge in [-0.2, -0.15) is 0 Å². The molecular formula is C11H18BrN. The van der Waals surface area contributed by atoms with Crippen LogP contribution in [-0.2, 0) is 0 Å². The average molecular weight is 244 g/mol. The lowest BCUT2D eigenvalue weighted by Crippen LogP contribution is -2.37. The lowest BCUT2D eigenvalue weighted by Gasteiger charge is -2.31. The van der Waals surface area contributed by atoms with Crippen molar-refractivity contribution in [3.63, 3.8) is 0 Å². The molecule has 2 fully saturated rings. The van der Waals surface area contributed by atoms with Crippen molar-refractivity contribution in [3.05, 3.63) is 12.2 Å². The standard InChI is InChI=1S/C11H18BrN/c1-9(5-12)6-13-7-10-2-3-11(4-10)8-13/h10-11H,1-8H2. The molecule has 1 saturated carbocycles. The highest BCUT2D eigenvalue weighted by Crippen LogP contribution is 2.36. The van der Waals surface area contributed by atoms with Crippen LogP contribution >= 0.6 is 15.9 Å². The molecule has 2 heteroatoms. The summed E-state index contributed by atoms with van der Waals surface area (Å²) in [5.41, 5.74) is 1.32. The van der Waals surface area contributed by atoms with Crippen molar-refractivity contribution >= 4 is 15.9 Å². The van der Waals surface area contributed by atoms with Gasteiger partial charge in [-0.05, 0) is 31.1 Å². The minimum Gasteiger partial charge on any atom is -0.299 e. The van der Waals surface area contributed by atoms with Crippen molar-refractivity contribution in [2.24, 2.45) is 11.8 Å². The summed E-state index contributed by atoms with van der Waals surface area (Å²) in [7, 11) is 0. The van der Waals surface area contributed by atoms with Crippen LogP contribution in [0.4, 0.5) is 0 Å². The Hall–Kier alpha value is 0.180. The van der Waals surface area contributed by atoms with E-state index in [2.05, 4.69) is 27.4 Å². The van der Waals surface area contributed by atoms with Crippen molar-refractivity contribution in [1.29, 1.82) is 0 Å². The van der Waals surface area contributed by atoms with Crippen LogP contribution in [0.1, 0.15) is 19.3 Å². The Morgan fingerprint density at radius 2 is 1.92 bits per heavy atom. The van der Waals surface area contributed by atoms with E-state index in [0.29, 0.717) is 0 Å². The maximum atomic E-state index is 4.05. The molecule has 2 unspecified atom stereocenters. The van der Waals surface area contributed by atoms with Crippen LogP contribution in [0, 0.1) is 11.8 Å². The Bertz CT molecular complexity index is 190. The summed E-state index contributed by atoms with van der Waals surface area (Å²) in [5.74, 6) is 2.00. The second-order valence-corrected chi connectivity index (χ2v) is 5.18. The summed E-state index contributed by atoms with van der Waals surface area (Å²) in [6, 6.07) is 0. The van der Waals surface area contributed by atoms with Crippen molar-refractivity contribution in [3.8, 4) is 0 Å². The van der Waals surface area contributed by atoms with Crippen molar-refractivity contribution in [2.45, 2.75) is 19.3 Å². The molecule has 2 rings (SSSR count). The van der Waals surface area contributed by atoms with Gasteiger partial charge in [0.1, 0.15) is 0 Å². The van der Waals surface area contributed by atoms with Crippen LogP contribution in [0.2, 0.25) is 0 Å². The van der Waals surface area contributed by atoms with E-state index in [4.69, 9.17) is 0 Å². The number of piperidine rings is 1. The van der Waals surface area contributed by atoms with E-state index >= 15 is 0 Å². The van der Waals surface area contributed by atoms with E-state index in [9.17, 15) is 0 Å². The smallest absolute Gasteiger partial charge is 0.0251 e. The maximum absolute atomic E-state index is 4.05. The zero-order valence-corrected chi connectivity index (χ0v) is 9.72. The van der Waals surface area contributed by atoms with Gasteiger partial charge in [-0.3, -0.25) is 4.90 Å². The first kappa shape index (κ1) is 9.72. The van der Waals surface area contributed by atoms with Crippen LogP contribution in [-0.4, -0.2) is 29.9 Å². The third kappa shape index (κ3) is 2.35. The van der Waals surface area contributed by atoms with E-state index in [1.807, 2.05) is 0 Å². The van der Waals surface area contributed by atoms with E-state index in [1.54, 1.807) is 0 Å². The summed E-state index contributed by atoms with van der Waals surface area (Å²) < 4.78 is 0. The van der Waals surface area contributed by atoms with E-state index in [0.717, 1.165) is 23.7 Å². The molecule has 0 amide bonds. The highest BCUT2D eigenvalue weighted by Gasteiger charge is 2.32. The van der Waals surface area contributed by atoms with Gasteiger partial charge in [0.05, 0.1) is 0 Å². The average Bonchev–Trinajstić information content (AvgIpc) is 2.46. The van der Waals surface area contributed by atoms with Crippen LogP contribution < -0.4 is 0 Å². The third-order valence-electron chi connectivity index (χ3n) is 3.32. The first-order valence-electron chi connectivity index (χ1n) is 5.23. The van der Waals surface area contributed by atoms with Gasteiger partial charge in [0.15, 0.2) is 0 Å². The molecule has 1 aliphatic carbocycles. The van der Waals surface area contributed by atoms with Gasteiger partial charge in [-0.25, -0.2) is 0 Å². The monoisotopic (exact) mass is 243 g/mol. The fourth-order valence-corrected chi connectivity index (χ4v) is 2.98. The number of alkyl halides is 1. The summed E-state index contributed by atoms with van der Waals surface area (Å²) in [6.45, 7) is 7.80. The van der Waals surface area contributed by atoms with Gasteiger partial charge in [0.25, 0.3) is 0 Å². The number of rotatable bonds is 3. The molecule has 0 spiro atoms. The summed E-state index contributed by atoms with van der Waals surface area (Å²) in [5, 5.41) is 0.957. The fraction of sp³-hybridized carbons (Fsp3) is 0.818. The Kier molecular flexibility index (Phi) is 3.10. The zero-order chi connectivity index (χ0) is 9.26. The summed E-state index contributed by atoms with van der Waals surface area (Å²) >= 11 is 3.46. The largest absolute Gasteiger partial charge is 0.299 e. The molecule has 2 bridgehead atoms. The Morgan fingerprint density at radius 3 is 2.46 bits per heavy atom. The van der Waals surface area contributed by atoms with Gasteiger partial charge >= 0.3 is 0 Å². The molecule has 1 nitrogen and oxygen atoms in total. The molecule has 0 aromatic rings. The third-order valence-corrected chi connectivity index (χ3v) is 4.11. The Labute approximate surface area is 89.3 Å². The molecular weight excluding hydrogens is 226 g/mol. The molecule has 0 N–H and O–H groups in total. The maximum Gasteiger partial charge on any atom is 0.0251 e. The number of halogens is 1. The van der Waals surface area contributed by atoms with Crippen molar-refractivity contribution < 1.29 is 0 Å². The number of nitrogens with zero attached hydrogens (tertiary/aromatic N) is 1. The predicted molar refractivity (Wildman–Crippen MR) is 60.2 cm³/mol. The molecule has 0 aromatic carbocycles. The van der Waals surface area contributed by atoms with Gasteiger partial charge in [-0.15, -0.1) is 0 Å². The zero-order valence-electron chi connectivity index (χ0n) is 8.14. The molecule has 74 valence electrons. The van der Waals surface area contributed by atoms with Crippen LogP contribution in [0.15, 0.2) is 12.2 Å². The lowest BCUT2D eigenvalue weighted by atomic mass is 9.98. The number of hydrogen-bond acceptors (Lipinski definition) is 1. The SMILES string of the molecule is C=C(CBr)CN1CC2CCC(C2)C1. The van der Waals surface area contributed by atoms with Crippen molar-refractivity contribution in [1.82, 2.24) is 4.90 Å². The first-order chi connectivity index (χ1) is 6.28. The summed E-state index contributed by atoms with van der Waals surface area (Å²) in [4.78, 5) is 2.59. The highest BCUT2D eigenvalue weighted by atomic mass is 79.9. The Morgan fingerprint density at radius 1 is 1.31 bits per heavy atom. The molecule has 0 aromatic heterocycles. The van der Waals surface area contributed by atoms with Crippen LogP contribution in [0.25, 0.3) is 0 Å². The van der Waals surface area contributed by atoms with Gasteiger partial charge < -0.3 is 0 Å². The molecule has 1 aliphatic heterocycles. The topological polar surface area (TPSA) is 3.24 Å². The van der Waals surface area contributed by atoms with Gasteiger partial charge in [0, 0.05) is 25.0 Å². The molecule has 2 atom stereocenters. The van der Waals surface area contributed by atoms with Gasteiger partial charge in [-0.1, -0.05) is 28.1 Å². The minimum atomic E-state index is 0.957. The normalized spacial score (nSPS) is 33.6. The van der Waals surface area contributed by atoms with Crippen molar-refractivity contribution in [2.75, 3.05) is 25.0 Å². The predicted octanol–water partition coefficient (Wildman–Crippen LogP) is 2.67. The van der Waals surface area contributed by atoms with Gasteiger partial charge in [0.2, 0.25) is 0 Å². The van der Waals surface area contributed by atoms with E-state index < -0.39 is 0 Å². The second kappa shape index (κ2) is 4.14. The number of hydrogen-bond donors (Lipinski definition) is 0. The quantitative estimate of drug-likeness (QED) is 0.545. The molecule has 2 aliphatic rings. The summed E-state index contributed by atoms with van der Waals surface area (Å²) in [6.07, 6.45) is 4.45. The number of fused-ring (bicyclic) bond motifs is 2. The molecule has 0 radical (unpaired) electrons. The van der Waals surface area contributed by atoms with E-state index in [-0.39, 0.29) is 0 Å². The first-order valence-corrected chi connectivity index (χ1v) is 6.35. The second-order valence-electron chi connectivity index (χ2n) is 4.62. The fourth-order valence-electron chi connectivity index (χ4n) is 2.80. The molecule has 13 heavy (non-hydrogen) atoms. The highest BCUT2D eigenvalue weighted by molar-refractivity contribution is 9.09. The molecule has 1 saturated heterocycles. The van der Waals surface area contributed by atoms with E-state index in [1.165, 1.54) is 37.9 Å². The van der Waals surface area contributed by atoms with Crippen LogP contribution in [0.5, 0.6) is 0 Å². The Balaban J connectivity index is 1.85. The lowest BCUT2D eigenvalue weighted by molar-refractivity contribution is 0.181. The van der Waals surface area contributed by atoms with Crippen LogP contribution in [0.3, 0.4) is 0 Å². The number of likely N-dealkylation sites (tertiary alicyclic amines) is 1. The molecule has 1 heterocycles.